The van der Waals surface area contributed by atoms with Gasteiger partial charge in [-0.25, -0.2) is 0 Å². The lowest BCUT2D eigenvalue weighted by atomic mass is 10.1. The third-order valence-electron chi connectivity index (χ3n) is 3.25. The van der Waals surface area contributed by atoms with Gasteiger partial charge in [-0.1, -0.05) is 25.8 Å². The van der Waals surface area contributed by atoms with Gasteiger partial charge < -0.3 is 15.7 Å². The molecule has 1 aromatic carbocycles. The van der Waals surface area contributed by atoms with Crippen molar-refractivity contribution in [3.05, 3.63) is 23.8 Å². The van der Waals surface area contributed by atoms with Gasteiger partial charge in [-0.3, -0.25) is 4.79 Å². The van der Waals surface area contributed by atoms with Crippen LogP contribution in [0.3, 0.4) is 0 Å². The summed E-state index contributed by atoms with van der Waals surface area (Å²) in [6.07, 6.45) is 2.67. The standard InChI is InChI=1S/C15H24N2O2/c1-4-6-7-13(16)15(19)17(5-2)14-10-12(18)9-8-11(14)3/h8-10,13,18H,4-7,16H2,1-3H3. The molecule has 0 aliphatic rings. The molecule has 0 aliphatic carbocycles. The number of nitrogens with zero attached hydrogens (tertiary/aromatic N) is 1. The van der Waals surface area contributed by atoms with E-state index in [1.54, 1.807) is 23.1 Å². The lowest BCUT2D eigenvalue weighted by molar-refractivity contribution is -0.119. The predicted molar refractivity (Wildman–Crippen MR) is 78.4 cm³/mol. The van der Waals surface area contributed by atoms with Crippen LogP contribution in [0.15, 0.2) is 18.2 Å². The van der Waals surface area contributed by atoms with Gasteiger partial charge in [0, 0.05) is 12.6 Å². The van der Waals surface area contributed by atoms with Crippen LogP contribution in [0, 0.1) is 6.92 Å². The number of aryl methyl sites for hydroxylation is 1. The van der Waals surface area contributed by atoms with Gasteiger partial charge in [0.1, 0.15) is 5.75 Å². The highest BCUT2D eigenvalue weighted by atomic mass is 16.3. The number of unbranched alkanes of at least 4 members (excludes halogenated alkanes) is 1. The smallest absolute Gasteiger partial charge is 0.243 e. The highest BCUT2D eigenvalue weighted by Gasteiger charge is 2.22. The maximum Gasteiger partial charge on any atom is 0.243 e. The first-order valence-corrected chi connectivity index (χ1v) is 6.87. The quantitative estimate of drug-likeness (QED) is 0.830. The minimum atomic E-state index is -0.471. The SMILES string of the molecule is CCCCC(N)C(=O)N(CC)c1cc(O)ccc1C. The molecule has 1 atom stereocenters. The summed E-state index contributed by atoms with van der Waals surface area (Å²) in [5.41, 5.74) is 7.64. The molecule has 0 heterocycles. The topological polar surface area (TPSA) is 66.6 Å². The maximum absolute atomic E-state index is 12.4. The van der Waals surface area contributed by atoms with Crippen molar-refractivity contribution in [1.29, 1.82) is 0 Å². The van der Waals surface area contributed by atoms with Gasteiger partial charge in [-0.15, -0.1) is 0 Å². The van der Waals surface area contributed by atoms with Crippen LogP contribution in [0.1, 0.15) is 38.7 Å². The normalized spacial score (nSPS) is 12.2. The first-order valence-electron chi connectivity index (χ1n) is 6.87. The number of carbonyl (C=O) groups excluding carboxylic acids is 1. The summed E-state index contributed by atoms with van der Waals surface area (Å²) >= 11 is 0. The Balaban J connectivity index is 2.93. The molecule has 0 fully saturated rings. The molecule has 1 rings (SSSR count). The zero-order valence-electron chi connectivity index (χ0n) is 12.0. The average Bonchev–Trinajstić information content (AvgIpc) is 2.40. The molecule has 106 valence electrons. The van der Waals surface area contributed by atoms with Gasteiger partial charge >= 0.3 is 0 Å². The number of likely N-dealkylation sites (N-methyl/N-ethyl adjacent to an activating group) is 1. The number of nitrogens with two attached hydrogens (primary N) is 1. The number of phenolic OH excluding ortho intramolecular Hbond substituents is 1. The molecule has 0 aliphatic heterocycles. The number of hydrogen-bond acceptors (Lipinski definition) is 3. The van der Waals surface area contributed by atoms with E-state index < -0.39 is 6.04 Å². The Morgan fingerprint density at radius 3 is 2.68 bits per heavy atom. The second kappa shape index (κ2) is 7.14. The van der Waals surface area contributed by atoms with Crippen molar-refractivity contribution in [3.8, 4) is 5.75 Å². The van der Waals surface area contributed by atoms with Crippen LogP contribution in [0.2, 0.25) is 0 Å². The van der Waals surface area contributed by atoms with E-state index in [1.807, 2.05) is 13.8 Å². The Hall–Kier alpha value is -1.55. The average molecular weight is 264 g/mol. The van der Waals surface area contributed by atoms with E-state index in [4.69, 9.17) is 5.73 Å². The Morgan fingerprint density at radius 1 is 1.42 bits per heavy atom. The summed E-state index contributed by atoms with van der Waals surface area (Å²) in [6, 6.07) is 4.57. The minimum absolute atomic E-state index is 0.0790. The Bertz CT molecular complexity index is 432. The van der Waals surface area contributed by atoms with Gasteiger partial charge in [0.2, 0.25) is 5.91 Å². The molecule has 4 nitrogen and oxygen atoms in total. The molecular formula is C15H24N2O2. The van der Waals surface area contributed by atoms with Gasteiger partial charge in [-0.05, 0) is 31.9 Å². The van der Waals surface area contributed by atoms with E-state index in [0.29, 0.717) is 13.0 Å². The van der Waals surface area contributed by atoms with Crippen molar-refractivity contribution in [2.24, 2.45) is 5.73 Å². The molecule has 1 unspecified atom stereocenters. The lowest BCUT2D eigenvalue weighted by Crippen LogP contribution is -2.44. The maximum atomic E-state index is 12.4. The summed E-state index contributed by atoms with van der Waals surface area (Å²) in [4.78, 5) is 14.0. The summed E-state index contributed by atoms with van der Waals surface area (Å²) in [6.45, 7) is 6.45. The van der Waals surface area contributed by atoms with Crippen LogP contribution >= 0.6 is 0 Å². The Morgan fingerprint density at radius 2 is 2.11 bits per heavy atom. The van der Waals surface area contributed by atoms with Crippen molar-refractivity contribution in [2.45, 2.75) is 46.1 Å². The highest BCUT2D eigenvalue weighted by molar-refractivity contribution is 5.97. The van der Waals surface area contributed by atoms with Crippen molar-refractivity contribution >= 4 is 11.6 Å². The van der Waals surface area contributed by atoms with Crippen LogP contribution < -0.4 is 10.6 Å². The second-order valence-electron chi connectivity index (χ2n) is 4.80. The zero-order chi connectivity index (χ0) is 14.4. The lowest BCUT2D eigenvalue weighted by Gasteiger charge is -2.26. The monoisotopic (exact) mass is 264 g/mol. The summed E-state index contributed by atoms with van der Waals surface area (Å²) in [7, 11) is 0. The Labute approximate surface area is 115 Å². The van der Waals surface area contributed by atoms with Gasteiger partial charge in [0.25, 0.3) is 0 Å². The van der Waals surface area contributed by atoms with E-state index in [9.17, 15) is 9.90 Å². The fourth-order valence-electron chi connectivity index (χ4n) is 2.08. The number of benzene rings is 1. The van der Waals surface area contributed by atoms with E-state index in [1.165, 1.54) is 0 Å². The fourth-order valence-corrected chi connectivity index (χ4v) is 2.08. The molecule has 3 N–H and O–H groups in total. The van der Waals surface area contributed by atoms with Crippen LogP contribution in [0.25, 0.3) is 0 Å². The van der Waals surface area contributed by atoms with E-state index in [2.05, 4.69) is 6.92 Å². The fraction of sp³-hybridized carbons (Fsp3) is 0.533. The van der Waals surface area contributed by atoms with Crippen LogP contribution in [0.5, 0.6) is 5.75 Å². The molecule has 0 saturated carbocycles. The third-order valence-corrected chi connectivity index (χ3v) is 3.25. The van der Waals surface area contributed by atoms with Gasteiger partial charge in [0.05, 0.1) is 11.7 Å². The number of rotatable bonds is 6. The minimum Gasteiger partial charge on any atom is -0.508 e. The summed E-state index contributed by atoms with van der Waals surface area (Å²) in [5, 5.41) is 9.57. The number of phenols is 1. The van der Waals surface area contributed by atoms with Crippen LogP contribution in [0.4, 0.5) is 5.69 Å². The molecule has 0 aromatic heterocycles. The van der Waals surface area contributed by atoms with Crippen molar-refractivity contribution in [1.82, 2.24) is 0 Å². The molecular weight excluding hydrogens is 240 g/mol. The predicted octanol–water partition coefficient (Wildman–Crippen LogP) is 2.57. The van der Waals surface area contributed by atoms with E-state index in [0.717, 1.165) is 24.1 Å². The van der Waals surface area contributed by atoms with Crippen molar-refractivity contribution in [3.63, 3.8) is 0 Å². The van der Waals surface area contributed by atoms with Crippen LogP contribution in [-0.2, 0) is 4.79 Å². The number of hydrogen-bond donors (Lipinski definition) is 2. The van der Waals surface area contributed by atoms with E-state index >= 15 is 0 Å². The summed E-state index contributed by atoms with van der Waals surface area (Å²) < 4.78 is 0. The molecule has 0 radical (unpaired) electrons. The van der Waals surface area contributed by atoms with Crippen LogP contribution in [-0.4, -0.2) is 23.6 Å². The molecule has 0 saturated heterocycles. The summed E-state index contributed by atoms with van der Waals surface area (Å²) in [5.74, 6) is 0.0821. The van der Waals surface area contributed by atoms with Crippen molar-refractivity contribution in [2.75, 3.05) is 11.4 Å². The molecule has 1 amide bonds. The molecule has 1 aromatic rings. The van der Waals surface area contributed by atoms with E-state index in [-0.39, 0.29) is 11.7 Å². The molecule has 0 bridgehead atoms. The number of amides is 1. The number of aromatic hydroxyl groups is 1. The largest absolute Gasteiger partial charge is 0.508 e. The number of carbonyl (C=O) groups is 1. The third kappa shape index (κ3) is 3.96. The first kappa shape index (κ1) is 15.5. The molecule has 4 heteroatoms. The zero-order valence-corrected chi connectivity index (χ0v) is 12.0. The molecule has 0 spiro atoms. The molecule has 19 heavy (non-hydrogen) atoms. The number of anilines is 1. The Kier molecular flexibility index (Phi) is 5.83. The first-order chi connectivity index (χ1) is 9.01. The van der Waals surface area contributed by atoms with Gasteiger partial charge in [-0.2, -0.15) is 0 Å². The van der Waals surface area contributed by atoms with Gasteiger partial charge in [0.15, 0.2) is 0 Å². The van der Waals surface area contributed by atoms with Crippen molar-refractivity contribution < 1.29 is 9.90 Å². The highest BCUT2D eigenvalue weighted by Crippen LogP contribution is 2.25. The second-order valence-corrected chi connectivity index (χ2v) is 4.80.